The molecule has 203 valence electrons. The second kappa shape index (κ2) is 12.7. The summed E-state index contributed by atoms with van der Waals surface area (Å²) in [5.41, 5.74) is 12.3. The monoisotopic (exact) mass is 709 g/mol. The van der Waals surface area contributed by atoms with Crippen LogP contribution >= 0.6 is 11.3 Å². The Kier molecular flexibility index (Phi) is 9.54. The SMILES string of the molecule is Cc1c[c-]c(-c2cc(C)c(C)cn2)cc1.Cc1cc(-c2[c-]ccc3c4c(sc23)CCCC4)ncc1C(C)C.[Ir]. The normalized spacial score (nSPS) is 12.5. The molecule has 0 amide bonds. The third-order valence-corrected chi connectivity index (χ3v) is 8.89. The van der Waals surface area contributed by atoms with Crippen molar-refractivity contribution in [2.75, 3.05) is 0 Å². The van der Waals surface area contributed by atoms with E-state index in [-0.39, 0.29) is 20.1 Å². The van der Waals surface area contributed by atoms with Gasteiger partial charge in [0.1, 0.15) is 0 Å². The topological polar surface area (TPSA) is 25.8 Å². The molecule has 0 unspecified atom stereocenters. The molecule has 0 fully saturated rings. The fourth-order valence-corrected chi connectivity index (χ4v) is 6.55. The van der Waals surface area contributed by atoms with Crippen LogP contribution in [0.3, 0.4) is 0 Å². The first-order chi connectivity index (χ1) is 18.3. The van der Waals surface area contributed by atoms with Gasteiger partial charge in [-0.1, -0.05) is 49.4 Å². The van der Waals surface area contributed by atoms with Crippen LogP contribution < -0.4 is 0 Å². The first kappa shape index (κ1) is 29.3. The fourth-order valence-electron chi connectivity index (χ4n) is 5.16. The molecule has 0 spiro atoms. The molecule has 39 heavy (non-hydrogen) atoms. The predicted molar refractivity (Wildman–Crippen MR) is 162 cm³/mol. The van der Waals surface area contributed by atoms with Crippen molar-refractivity contribution in [3.8, 4) is 22.5 Å². The minimum absolute atomic E-state index is 0. The van der Waals surface area contributed by atoms with Gasteiger partial charge in [0.05, 0.1) is 0 Å². The Hall–Kier alpha value is -2.65. The van der Waals surface area contributed by atoms with E-state index in [2.05, 4.69) is 101 Å². The number of hydrogen-bond acceptors (Lipinski definition) is 3. The molecule has 0 saturated heterocycles. The maximum atomic E-state index is 4.76. The van der Waals surface area contributed by atoms with Crippen LogP contribution in [0, 0.1) is 39.8 Å². The van der Waals surface area contributed by atoms with Crippen molar-refractivity contribution in [3.05, 3.63) is 105 Å². The number of nitrogens with zero attached hydrogens (tertiary/aromatic N) is 2. The molecule has 1 radical (unpaired) electrons. The minimum Gasteiger partial charge on any atom is -0.304 e. The Morgan fingerprint density at radius 1 is 0.821 bits per heavy atom. The summed E-state index contributed by atoms with van der Waals surface area (Å²) in [6, 6.07) is 21.5. The number of aryl methyl sites for hydroxylation is 6. The maximum Gasteiger partial charge on any atom is 0.0198 e. The molecule has 3 aromatic heterocycles. The Bertz CT molecular complexity index is 1580. The number of thiophene rings is 1. The summed E-state index contributed by atoms with van der Waals surface area (Å²) in [6.07, 6.45) is 9.10. The molecule has 0 atom stereocenters. The third kappa shape index (κ3) is 6.40. The molecule has 0 saturated carbocycles. The Labute approximate surface area is 251 Å². The van der Waals surface area contributed by atoms with E-state index in [0.717, 1.165) is 17.0 Å². The average Bonchev–Trinajstić information content (AvgIpc) is 3.30. The van der Waals surface area contributed by atoms with Gasteiger partial charge in [0.2, 0.25) is 0 Å². The van der Waals surface area contributed by atoms with E-state index < -0.39 is 0 Å². The Morgan fingerprint density at radius 2 is 1.56 bits per heavy atom. The number of rotatable bonds is 3. The molecule has 1 aliphatic rings. The predicted octanol–water partition coefficient (Wildman–Crippen LogP) is 9.55. The largest absolute Gasteiger partial charge is 0.304 e. The molecule has 4 heteroatoms. The van der Waals surface area contributed by atoms with Gasteiger partial charge in [-0.15, -0.1) is 59.2 Å². The molecular weight excluding hydrogens is 673 g/mol. The Morgan fingerprint density at radius 3 is 2.26 bits per heavy atom. The first-order valence-electron chi connectivity index (χ1n) is 13.7. The molecule has 0 N–H and O–H groups in total. The molecule has 1 aliphatic carbocycles. The van der Waals surface area contributed by atoms with Crippen molar-refractivity contribution >= 4 is 21.4 Å². The maximum absolute atomic E-state index is 4.76. The van der Waals surface area contributed by atoms with Crippen LogP contribution in [0.2, 0.25) is 0 Å². The van der Waals surface area contributed by atoms with Crippen molar-refractivity contribution in [1.29, 1.82) is 0 Å². The number of benzene rings is 2. The molecule has 2 nitrogen and oxygen atoms in total. The number of fused-ring (bicyclic) bond motifs is 3. The first-order valence-corrected chi connectivity index (χ1v) is 14.5. The minimum atomic E-state index is 0. The summed E-state index contributed by atoms with van der Waals surface area (Å²) in [7, 11) is 0. The van der Waals surface area contributed by atoms with Gasteiger partial charge in [-0.25, -0.2) is 0 Å². The van der Waals surface area contributed by atoms with E-state index in [1.165, 1.54) is 69.2 Å². The second-order valence-corrected chi connectivity index (χ2v) is 11.9. The molecular formula is C35H36IrN2S-2. The zero-order valence-electron chi connectivity index (χ0n) is 23.7. The summed E-state index contributed by atoms with van der Waals surface area (Å²) in [5, 5.41) is 1.44. The molecule has 6 rings (SSSR count). The van der Waals surface area contributed by atoms with Crippen molar-refractivity contribution in [2.45, 2.75) is 73.1 Å². The second-order valence-electron chi connectivity index (χ2n) is 10.8. The molecule has 3 heterocycles. The van der Waals surface area contributed by atoms with Gasteiger partial charge < -0.3 is 9.97 Å². The van der Waals surface area contributed by atoms with E-state index in [9.17, 15) is 0 Å². The van der Waals surface area contributed by atoms with Crippen molar-refractivity contribution < 1.29 is 20.1 Å². The fraction of sp³-hybridized carbons (Fsp3) is 0.314. The summed E-state index contributed by atoms with van der Waals surface area (Å²) >= 11 is 1.97. The summed E-state index contributed by atoms with van der Waals surface area (Å²) in [6.45, 7) is 12.9. The van der Waals surface area contributed by atoms with Crippen LogP contribution in [0.5, 0.6) is 0 Å². The van der Waals surface area contributed by atoms with Gasteiger partial charge in [0.25, 0.3) is 0 Å². The summed E-state index contributed by atoms with van der Waals surface area (Å²) < 4.78 is 1.38. The molecule has 0 bridgehead atoms. The number of hydrogen-bond donors (Lipinski definition) is 0. The van der Waals surface area contributed by atoms with E-state index in [1.807, 2.05) is 23.6 Å². The number of aromatic nitrogens is 2. The van der Waals surface area contributed by atoms with Gasteiger partial charge in [-0.05, 0) is 90.0 Å². The van der Waals surface area contributed by atoms with Gasteiger partial charge in [-0.3, -0.25) is 0 Å². The van der Waals surface area contributed by atoms with Gasteiger partial charge in [-0.2, -0.15) is 11.3 Å². The quantitative estimate of drug-likeness (QED) is 0.175. The van der Waals surface area contributed by atoms with Crippen LogP contribution in [0.15, 0.2) is 54.9 Å². The molecule has 0 aliphatic heterocycles. The van der Waals surface area contributed by atoms with Crippen LogP contribution in [-0.2, 0) is 32.9 Å². The van der Waals surface area contributed by atoms with Crippen molar-refractivity contribution in [1.82, 2.24) is 9.97 Å². The molecule has 2 aromatic carbocycles. The van der Waals surface area contributed by atoms with E-state index in [0.29, 0.717) is 5.92 Å². The zero-order chi connectivity index (χ0) is 26.8. The van der Waals surface area contributed by atoms with Gasteiger partial charge in [0.15, 0.2) is 0 Å². The van der Waals surface area contributed by atoms with Crippen molar-refractivity contribution in [3.63, 3.8) is 0 Å². The van der Waals surface area contributed by atoms with E-state index >= 15 is 0 Å². The smallest absolute Gasteiger partial charge is 0.0198 e. The summed E-state index contributed by atoms with van der Waals surface area (Å²) in [5.74, 6) is 0.519. The standard InChI is InChI=1S/C21H22NS.C14H14N.Ir/c1-13(2)18-12-22-19(11-14(18)3)17-9-6-8-16-15-7-4-5-10-20(15)23-21(16)17;1-10-4-6-13(7-5-10)14-8-11(2)12(3)9-15-14;/h6,8,11-13H,4-5,7,10H2,1-3H3;4-6,8-9H,1-3H3;/q2*-1;. The van der Waals surface area contributed by atoms with Crippen LogP contribution in [-0.4, -0.2) is 9.97 Å². The Balaban J connectivity index is 0.000000192. The summed E-state index contributed by atoms with van der Waals surface area (Å²) in [4.78, 5) is 10.8. The van der Waals surface area contributed by atoms with Crippen LogP contribution in [0.4, 0.5) is 0 Å². The van der Waals surface area contributed by atoms with Gasteiger partial charge >= 0.3 is 0 Å². The van der Waals surface area contributed by atoms with Crippen LogP contribution in [0.1, 0.15) is 70.9 Å². The molecule has 5 aromatic rings. The zero-order valence-corrected chi connectivity index (χ0v) is 26.9. The van der Waals surface area contributed by atoms with Gasteiger partial charge in [0, 0.05) is 32.5 Å². The van der Waals surface area contributed by atoms with E-state index in [4.69, 9.17) is 4.98 Å². The van der Waals surface area contributed by atoms with E-state index in [1.54, 1.807) is 10.4 Å². The van der Waals surface area contributed by atoms with Crippen LogP contribution in [0.25, 0.3) is 32.6 Å². The number of pyridine rings is 2. The average molecular weight is 709 g/mol. The third-order valence-electron chi connectivity index (χ3n) is 7.56. The van der Waals surface area contributed by atoms with Crippen molar-refractivity contribution in [2.24, 2.45) is 0 Å².